The Morgan fingerprint density at radius 1 is 1.29 bits per heavy atom. The number of carbonyl (C=O) groups is 1. The first-order chi connectivity index (χ1) is 11.5. The molecule has 24 heavy (non-hydrogen) atoms. The maximum absolute atomic E-state index is 12.2. The van der Waals surface area contributed by atoms with Crippen molar-refractivity contribution in [1.29, 1.82) is 0 Å². The van der Waals surface area contributed by atoms with Crippen LogP contribution in [0.4, 0.5) is 11.7 Å². The molecule has 1 aromatic carbocycles. The Labute approximate surface area is 144 Å². The number of nitrogens with one attached hydrogen (secondary N) is 1. The van der Waals surface area contributed by atoms with Gasteiger partial charge in [0.05, 0.1) is 15.7 Å². The van der Waals surface area contributed by atoms with E-state index < -0.39 is 10.8 Å². The summed E-state index contributed by atoms with van der Waals surface area (Å²) in [6.07, 6.45) is 0.381. The molecule has 0 saturated carbocycles. The predicted molar refractivity (Wildman–Crippen MR) is 87.5 cm³/mol. The third-order valence-electron chi connectivity index (χ3n) is 2.99. The number of nitro benzene ring substituents is 1. The van der Waals surface area contributed by atoms with E-state index in [0.29, 0.717) is 16.6 Å². The minimum absolute atomic E-state index is 0.0905. The van der Waals surface area contributed by atoms with Gasteiger partial charge in [0.1, 0.15) is 5.56 Å². The van der Waals surface area contributed by atoms with E-state index in [9.17, 15) is 14.9 Å². The Bertz CT molecular complexity index is 908. The summed E-state index contributed by atoms with van der Waals surface area (Å²) in [6.45, 7) is 0. The number of halogens is 1. The van der Waals surface area contributed by atoms with Crippen molar-refractivity contribution in [2.45, 2.75) is 6.42 Å². The number of nitrogens with zero attached hydrogens (tertiary/aromatic N) is 3. The van der Waals surface area contributed by atoms with Crippen LogP contribution in [0.25, 0.3) is 0 Å². The zero-order chi connectivity index (χ0) is 17.1. The molecule has 0 unspecified atom stereocenters. The number of rotatable bonds is 5. The molecule has 8 nitrogen and oxygen atoms in total. The third-order valence-corrected chi connectivity index (χ3v) is 4.22. The number of hydrogen-bond donors (Lipinski definition) is 1. The molecule has 0 bridgehead atoms. The van der Waals surface area contributed by atoms with Crippen molar-refractivity contribution in [3.05, 3.63) is 67.2 Å². The average molecular weight is 365 g/mol. The number of thiophene rings is 1. The van der Waals surface area contributed by atoms with E-state index in [4.69, 9.17) is 16.0 Å². The number of carbonyl (C=O) groups excluding carboxylic acids is 1. The van der Waals surface area contributed by atoms with Crippen molar-refractivity contribution >= 4 is 40.5 Å². The van der Waals surface area contributed by atoms with Crippen LogP contribution in [0.5, 0.6) is 0 Å². The number of para-hydroxylation sites is 1. The molecule has 0 fully saturated rings. The fourth-order valence-corrected chi connectivity index (χ4v) is 3.04. The zero-order valence-corrected chi connectivity index (χ0v) is 13.5. The van der Waals surface area contributed by atoms with Gasteiger partial charge in [-0.15, -0.1) is 16.4 Å². The van der Waals surface area contributed by atoms with Gasteiger partial charge in [-0.3, -0.25) is 20.2 Å². The Hall–Kier alpha value is -2.78. The highest BCUT2D eigenvalue weighted by Crippen LogP contribution is 2.24. The van der Waals surface area contributed by atoms with Gasteiger partial charge in [0.2, 0.25) is 5.89 Å². The summed E-state index contributed by atoms with van der Waals surface area (Å²) < 4.78 is 5.98. The molecule has 0 aliphatic rings. The molecule has 1 amide bonds. The monoisotopic (exact) mass is 364 g/mol. The second kappa shape index (κ2) is 6.77. The molecule has 10 heteroatoms. The number of benzene rings is 1. The summed E-state index contributed by atoms with van der Waals surface area (Å²) in [7, 11) is 0. The van der Waals surface area contributed by atoms with Crippen molar-refractivity contribution in [1.82, 2.24) is 10.2 Å². The number of anilines is 1. The van der Waals surface area contributed by atoms with E-state index in [0.717, 1.165) is 4.88 Å². The van der Waals surface area contributed by atoms with E-state index in [1.165, 1.54) is 35.6 Å². The lowest BCUT2D eigenvalue weighted by molar-refractivity contribution is -0.385. The molecule has 3 rings (SSSR count). The first-order valence-electron chi connectivity index (χ1n) is 6.64. The number of aromatic nitrogens is 2. The summed E-state index contributed by atoms with van der Waals surface area (Å²) in [4.78, 5) is 23.4. The van der Waals surface area contributed by atoms with Crippen LogP contribution in [-0.4, -0.2) is 21.0 Å². The largest absolute Gasteiger partial charge is 0.407 e. The second-order valence-corrected chi connectivity index (χ2v) is 6.41. The normalized spacial score (nSPS) is 10.5. The highest BCUT2D eigenvalue weighted by atomic mass is 35.5. The van der Waals surface area contributed by atoms with Crippen LogP contribution in [0, 0.1) is 10.1 Å². The minimum atomic E-state index is -0.698. The summed E-state index contributed by atoms with van der Waals surface area (Å²) in [5.74, 6) is -0.400. The van der Waals surface area contributed by atoms with Gasteiger partial charge in [0, 0.05) is 10.9 Å². The molecule has 2 heterocycles. The fourth-order valence-electron chi connectivity index (χ4n) is 1.96. The fraction of sp³-hybridized carbons (Fsp3) is 0.0714. The molecular formula is C14H9ClN4O4S. The van der Waals surface area contributed by atoms with Crippen LogP contribution >= 0.6 is 22.9 Å². The van der Waals surface area contributed by atoms with E-state index in [-0.39, 0.29) is 17.3 Å². The number of hydrogen-bond acceptors (Lipinski definition) is 7. The summed E-state index contributed by atoms with van der Waals surface area (Å²) in [6, 6.07) is 9.06. The van der Waals surface area contributed by atoms with Crippen LogP contribution in [0.2, 0.25) is 4.34 Å². The van der Waals surface area contributed by atoms with Gasteiger partial charge >= 0.3 is 6.01 Å². The predicted octanol–water partition coefficient (Wildman–Crippen LogP) is 3.54. The van der Waals surface area contributed by atoms with Crippen molar-refractivity contribution in [3.8, 4) is 0 Å². The highest BCUT2D eigenvalue weighted by Gasteiger charge is 2.21. The number of nitro groups is 1. The van der Waals surface area contributed by atoms with E-state index in [1.54, 1.807) is 6.07 Å². The van der Waals surface area contributed by atoms with Gasteiger partial charge in [-0.1, -0.05) is 28.8 Å². The van der Waals surface area contributed by atoms with Gasteiger partial charge < -0.3 is 4.42 Å². The minimum Gasteiger partial charge on any atom is -0.407 e. The Morgan fingerprint density at radius 2 is 2.08 bits per heavy atom. The number of amides is 1. The van der Waals surface area contributed by atoms with Crippen LogP contribution in [-0.2, 0) is 6.42 Å². The van der Waals surface area contributed by atoms with Gasteiger partial charge in [-0.05, 0) is 18.2 Å². The van der Waals surface area contributed by atoms with Crippen LogP contribution in [0.15, 0.2) is 40.8 Å². The van der Waals surface area contributed by atoms with Crippen molar-refractivity contribution in [3.63, 3.8) is 0 Å². The van der Waals surface area contributed by atoms with E-state index >= 15 is 0 Å². The molecule has 3 aromatic rings. The zero-order valence-electron chi connectivity index (χ0n) is 11.9. The average Bonchev–Trinajstić information content (AvgIpc) is 3.16. The summed E-state index contributed by atoms with van der Waals surface area (Å²) >= 11 is 7.23. The second-order valence-electron chi connectivity index (χ2n) is 4.61. The van der Waals surface area contributed by atoms with Crippen molar-refractivity contribution < 1.29 is 14.1 Å². The van der Waals surface area contributed by atoms with Crippen LogP contribution < -0.4 is 5.32 Å². The summed E-state index contributed by atoms with van der Waals surface area (Å²) in [5.41, 5.74) is -0.393. The molecule has 0 saturated heterocycles. The molecular weight excluding hydrogens is 356 g/mol. The topological polar surface area (TPSA) is 111 Å². The van der Waals surface area contributed by atoms with E-state index in [1.807, 2.05) is 6.07 Å². The SMILES string of the molecule is O=C(Nc1nnc(Cc2ccc(Cl)s2)o1)c1ccccc1[N+](=O)[O-]. The quantitative estimate of drug-likeness (QED) is 0.547. The first-order valence-corrected chi connectivity index (χ1v) is 7.84. The molecule has 122 valence electrons. The maximum Gasteiger partial charge on any atom is 0.322 e. The van der Waals surface area contributed by atoms with Gasteiger partial charge in [0.25, 0.3) is 11.6 Å². The molecule has 0 aliphatic carbocycles. The van der Waals surface area contributed by atoms with Gasteiger partial charge in [-0.2, -0.15) is 0 Å². The molecule has 2 aromatic heterocycles. The van der Waals surface area contributed by atoms with Crippen molar-refractivity contribution in [2.24, 2.45) is 0 Å². The lowest BCUT2D eigenvalue weighted by atomic mass is 10.1. The molecule has 0 spiro atoms. The lowest BCUT2D eigenvalue weighted by Crippen LogP contribution is -2.14. The molecule has 1 N–H and O–H groups in total. The third kappa shape index (κ3) is 3.58. The molecule has 0 aliphatic heterocycles. The summed E-state index contributed by atoms with van der Waals surface area (Å²) in [5, 5.41) is 20.8. The standard InChI is InChI=1S/C14H9ClN4O4S/c15-11-6-5-8(24-11)7-12-17-18-14(23-12)16-13(20)9-3-1-2-4-10(9)19(21)22/h1-6H,7H2,(H,16,18,20). The van der Waals surface area contributed by atoms with Gasteiger partial charge in [-0.25, -0.2) is 0 Å². The highest BCUT2D eigenvalue weighted by molar-refractivity contribution is 7.16. The first kappa shape index (κ1) is 16.1. The molecule has 0 radical (unpaired) electrons. The lowest BCUT2D eigenvalue weighted by Gasteiger charge is -2.01. The maximum atomic E-state index is 12.2. The van der Waals surface area contributed by atoms with Crippen molar-refractivity contribution in [2.75, 3.05) is 5.32 Å². The Kier molecular flexibility index (Phi) is 4.54. The van der Waals surface area contributed by atoms with E-state index in [2.05, 4.69) is 15.5 Å². The van der Waals surface area contributed by atoms with Crippen LogP contribution in [0.3, 0.4) is 0 Å². The Morgan fingerprint density at radius 3 is 2.79 bits per heavy atom. The Balaban J connectivity index is 1.73. The smallest absolute Gasteiger partial charge is 0.322 e. The van der Waals surface area contributed by atoms with Crippen LogP contribution in [0.1, 0.15) is 21.1 Å². The molecule has 0 atom stereocenters. The van der Waals surface area contributed by atoms with Gasteiger partial charge in [0.15, 0.2) is 0 Å².